The molecular weight excluding hydrogens is 444 g/mol. The normalized spacial score (nSPS) is 26.7. The van der Waals surface area contributed by atoms with Gasteiger partial charge in [-0.25, -0.2) is 0 Å². The Kier molecular flexibility index (Phi) is 6.77. The zero-order valence-corrected chi connectivity index (χ0v) is 21.9. The summed E-state index contributed by atoms with van der Waals surface area (Å²) >= 11 is 1.77. The van der Waals surface area contributed by atoms with Crippen molar-refractivity contribution in [1.29, 1.82) is 0 Å². The van der Waals surface area contributed by atoms with E-state index in [1.165, 1.54) is 30.6 Å². The molecule has 0 radical (unpaired) electrons. The number of rotatable bonds is 6. The van der Waals surface area contributed by atoms with Crippen molar-refractivity contribution in [3.05, 3.63) is 22.7 Å². The first-order valence-electron chi connectivity index (χ1n) is 13.4. The molecule has 7 heteroatoms. The van der Waals surface area contributed by atoms with E-state index in [0.717, 1.165) is 61.1 Å². The summed E-state index contributed by atoms with van der Waals surface area (Å²) in [6, 6.07) is 4.82. The highest BCUT2D eigenvalue weighted by Crippen LogP contribution is 2.37. The minimum atomic E-state index is -0.890. The molecule has 0 aromatic carbocycles. The molecule has 2 aromatic heterocycles. The smallest absolute Gasteiger partial charge is 0.271 e. The molecule has 34 heavy (non-hydrogen) atoms. The van der Waals surface area contributed by atoms with Crippen LogP contribution in [0.1, 0.15) is 87.5 Å². The monoisotopic (exact) mass is 484 g/mol. The summed E-state index contributed by atoms with van der Waals surface area (Å²) in [5.74, 6) is 0.0291. The standard InChI is InChI=1S/C27H40N4O2S/c1-4-21-15-22-24(34-21)16-23-25(32)31(17-20-13-10-14-29(20)5-2)27(3,18-30(22)23)26(33)28-19-11-8-6-7-9-12-19/h15-16,19-20H,4-14,17-18H2,1-3H3,(H,28,33). The van der Waals surface area contributed by atoms with Gasteiger partial charge in [0.2, 0.25) is 5.91 Å². The zero-order valence-electron chi connectivity index (χ0n) is 21.1. The van der Waals surface area contributed by atoms with Crippen LogP contribution >= 0.6 is 11.3 Å². The van der Waals surface area contributed by atoms with E-state index in [1.807, 2.05) is 11.8 Å². The number of fused-ring (bicyclic) bond motifs is 3. The second kappa shape index (κ2) is 9.65. The SMILES string of the molecule is CCc1cc2c(cc3n2CC(C)(C(=O)NC2CCCCCC2)N(CC2CCCN2CC)C3=O)s1. The highest BCUT2D eigenvalue weighted by Gasteiger charge is 2.49. The van der Waals surface area contributed by atoms with E-state index < -0.39 is 5.54 Å². The number of nitrogens with zero attached hydrogens (tertiary/aromatic N) is 3. The Hall–Kier alpha value is -1.86. The summed E-state index contributed by atoms with van der Waals surface area (Å²) in [5.41, 5.74) is 0.956. The van der Waals surface area contributed by atoms with Crippen molar-refractivity contribution in [3.63, 3.8) is 0 Å². The minimum absolute atomic E-state index is 0.00849. The number of carbonyl (C=O) groups is 2. The van der Waals surface area contributed by atoms with Crippen molar-refractivity contribution < 1.29 is 9.59 Å². The van der Waals surface area contributed by atoms with Crippen LogP contribution in [0.3, 0.4) is 0 Å². The molecule has 2 amide bonds. The molecule has 2 fully saturated rings. The number of hydrogen-bond acceptors (Lipinski definition) is 4. The number of carbonyl (C=O) groups excluding carboxylic acids is 2. The molecule has 5 rings (SSSR count). The lowest BCUT2D eigenvalue weighted by Gasteiger charge is -2.46. The molecule has 2 atom stereocenters. The molecule has 3 aliphatic rings. The van der Waals surface area contributed by atoms with Gasteiger partial charge in [0.25, 0.3) is 5.91 Å². The Morgan fingerprint density at radius 2 is 1.88 bits per heavy atom. The van der Waals surface area contributed by atoms with Crippen LogP contribution < -0.4 is 5.32 Å². The van der Waals surface area contributed by atoms with Crippen LogP contribution in [-0.4, -0.2) is 63.4 Å². The topological polar surface area (TPSA) is 57.6 Å². The van der Waals surface area contributed by atoms with Gasteiger partial charge in [0.15, 0.2) is 0 Å². The van der Waals surface area contributed by atoms with E-state index in [9.17, 15) is 9.59 Å². The van der Waals surface area contributed by atoms with Crippen molar-refractivity contribution in [2.45, 2.75) is 103 Å². The van der Waals surface area contributed by atoms with Gasteiger partial charge in [-0.05, 0) is 64.3 Å². The van der Waals surface area contributed by atoms with E-state index in [1.54, 1.807) is 11.3 Å². The number of aryl methyl sites for hydroxylation is 1. The first-order valence-corrected chi connectivity index (χ1v) is 14.2. The number of likely N-dealkylation sites (N-methyl/N-ethyl adjacent to an activating group) is 1. The van der Waals surface area contributed by atoms with E-state index in [-0.39, 0.29) is 17.9 Å². The van der Waals surface area contributed by atoms with E-state index in [0.29, 0.717) is 19.1 Å². The molecule has 1 saturated carbocycles. The molecule has 1 N–H and O–H groups in total. The fourth-order valence-electron chi connectivity index (χ4n) is 6.34. The molecule has 2 aromatic rings. The molecule has 0 bridgehead atoms. The summed E-state index contributed by atoms with van der Waals surface area (Å²) in [6.45, 7) is 9.59. The predicted molar refractivity (Wildman–Crippen MR) is 139 cm³/mol. The Balaban J connectivity index is 1.50. The van der Waals surface area contributed by atoms with E-state index >= 15 is 0 Å². The molecule has 6 nitrogen and oxygen atoms in total. The van der Waals surface area contributed by atoms with Gasteiger partial charge in [-0.1, -0.05) is 39.5 Å². The van der Waals surface area contributed by atoms with Gasteiger partial charge in [-0.15, -0.1) is 11.3 Å². The summed E-state index contributed by atoms with van der Waals surface area (Å²) < 4.78 is 3.28. The maximum Gasteiger partial charge on any atom is 0.271 e. The number of likely N-dealkylation sites (tertiary alicyclic amines) is 1. The second-order valence-electron chi connectivity index (χ2n) is 10.7. The van der Waals surface area contributed by atoms with Gasteiger partial charge in [-0.2, -0.15) is 0 Å². The highest BCUT2D eigenvalue weighted by atomic mass is 32.1. The summed E-state index contributed by atoms with van der Waals surface area (Å²) in [6.07, 6.45) is 10.2. The van der Waals surface area contributed by atoms with Gasteiger partial charge in [0.05, 0.1) is 16.8 Å². The minimum Gasteiger partial charge on any atom is -0.351 e. The van der Waals surface area contributed by atoms with Crippen LogP contribution in [0.5, 0.6) is 0 Å². The van der Waals surface area contributed by atoms with Crippen LogP contribution in [0.2, 0.25) is 0 Å². The number of hydrogen-bond donors (Lipinski definition) is 1. The quantitative estimate of drug-likeness (QED) is 0.599. The predicted octanol–water partition coefficient (Wildman–Crippen LogP) is 4.80. The Morgan fingerprint density at radius 3 is 2.59 bits per heavy atom. The number of amides is 2. The molecule has 4 heterocycles. The van der Waals surface area contributed by atoms with Crippen molar-refractivity contribution in [2.24, 2.45) is 0 Å². The zero-order chi connectivity index (χ0) is 23.9. The Labute approximate surface area is 207 Å². The lowest BCUT2D eigenvalue weighted by Crippen LogP contribution is -2.66. The highest BCUT2D eigenvalue weighted by molar-refractivity contribution is 7.19. The molecule has 0 spiro atoms. The van der Waals surface area contributed by atoms with Crippen molar-refractivity contribution in [3.8, 4) is 0 Å². The third-order valence-electron chi connectivity index (χ3n) is 8.49. The maximum absolute atomic E-state index is 14.0. The van der Waals surface area contributed by atoms with Crippen molar-refractivity contribution in [2.75, 3.05) is 19.6 Å². The first kappa shape index (κ1) is 23.9. The first-order chi connectivity index (χ1) is 16.4. The lowest BCUT2D eigenvalue weighted by atomic mass is 9.92. The number of thiophene rings is 1. The van der Waals surface area contributed by atoms with Crippen LogP contribution in [0.25, 0.3) is 10.2 Å². The lowest BCUT2D eigenvalue weighted by molar-refractivity contribution is -0.134. The van der Waals surface area contributed by atoms with Gasteiger partial charge < -0.3 is 14.8 Å². The van der Waals surface area contributed by atoms with Crippen LogP contribution in [0.4, 0.5) is 0 Å². The molecule has 186 valence electrons. The Morgan fingerprint density at radius 1 is 1.12 bits per heavy atom. The van der Waals surface area contributed by atoms with Crippen LogP contribution in [0, 0.1) is 0 Å². The Bertz CT molecular complexity index is 1050. The van der Waals surface area contributed by atoms with E-state index in [4.69, 9.17) is 0 Å². The van der Waals surface area contributed by atoms with Gasteiger partial charge >= 0.3 is 0 Å². The molecule has 2 unspecified atom stereocenters. The third kappa shape index (κ3) is 4.19. The van der Waals surface area contributed by atoms with Crippen molar-refractivity contribution >= 4 is 33.4 Å². The summed E-state index contributed by atoms with van der Waals surface area (Å²) in [4.78, 5) is 33.7. The largest absolute Gasteiger partial charge is 0.351 e. The van der Waals surface area contributed by atoms with Crippen LogP contribution in [-0.2, 0) is 17.8 Å². The van der Waals surface area contributed by atoms with E-state index in [2.05, 4.69) is 40.8 Å². The van der Waals surface area contributed by atoms with Gasteiger partial charge in [-0.3, -0.25) is 14.5 Å². The number of nitrogens with one attached hydrogen (secondary N) is 1. The molecule has 1 aliphatic carbocycles. The second-order valence-corrected chi connectivity index (χ2v) is 11.9. The fraction of sp³-hybridized carbons (Fsp3) is 0.704. The molecule has 1 saturated heterocycles. The number of aromatic nitrogens is 1. The van der Waals surface area contributed by atoms with Crippen molar-refractivity contribution in [1.82, 2.24) is 19.7 Å². The molecular formula is C27H40N4O2S. The fourth-order valence-corrected chi connectivity index (χ4v) is 7.38. The average molecular weight is 485 g/mol. The molecule has 2 aliphatic heterocycles. The van der Waals surface area contributed by atoms with Crippen LogP contribution in [0.15, 0.2) is 12.1 Å². The third-order valence-corrected chi connectivity index (χ3v) is 9.71. The summed E-state index contributed by atoms with van der Waals surface area (Å²) in [5, 5.41) is 3.40. The summed E-state index contributed by atoms with van der Waals surface area (Å²) in [7, 11) is 0. The van der Waals surface area contributed by atoms with Gasteiger partial charge in [0, 0.05) is 23.5 Å². The average Bonchev–Trinajstić information content (AvgIpc) is 3.47. The van der Waals surface area contributed by atoms with Gasteiger partial charge in [0.1, 0.15) is 11.2 Å². The maximum atomic E-state index is 14.0.